The van der Waals surface area contributed by atoms with E-state index in [1.54, 1.807) is 43.9 Å². The Balaban J connectivity index is 0.000000161. The first-order valence-electron chi connectivity index (χ1n) is 35.6. The quantitative estimate of drug-likeness (QED) is 0.0740. The predicted molar refractivity (Wildman–Crippen MR) is 441 cm³/mol. The van der Waals surface area contributed by atoms with E-state index in [-0.39, 0.29) is 37.1 Å². The maximum Gasteiger partial charge on any atom is 0.496 e. The molecule has 1 amide bonds. The molecule has 23 nitrogen and oxygen atoms in total. The summed E-state index contributed by atoms with van der Waals surface area (Å²) in [4.78, 5) is 51.8. The largest absolute Gasteiger partial charge is 0.496 e. The minimum absolute atomic E-state index is 0.00961. The van der Waals surface area contributed by atoms with Gasteiger partial charge in [0.2, 0.25) is 5.91 Å². The van der Waals surface area contributed by atoms with Gasteiger partial charge in [-0.15, -0.1) is 0 Å². The van der Waals surface area contributed by atoms with Gasteiger partial charge < -0.3 is 47.4 Å². The molecule has 0 saturated carbocycles. The van der Waals surface area contributed by atoms with Crippen LogP contribution in [0.15, 0.2) is 99.4 Å². The van der Waals surface area contributed by atoms with Crippen LogP contribution in [0.3, 0.4) is 0 Å². The summed E-state index contributed by atoms with van der Waals surface area (Å²) < 4.78 is 55.7. The van der Waals surface area contributed by atoms with Crippen LogP contribution in [-0.4, -0.2) is 159 Å². The lowest BCUT2D eigenvalue weighted by atomic mass is 9.78. The van der Waals surface area contributed by atoms with E-state index in [9.17, 15) is 19.2 Å². The second-order valence-corrected chi connectivity index (χ2v) is 35.7. The SMILES string of the molecule is CC(C)(C)OC(=O)CCn1cc2c(Cl)c(B3OC(C)(C)C(C)(C)O3)ccc2n1.CC(C)(C)OC(=O)CCn1cc2c(Cl)c(Br)ccc2n1.CC1(C)OB(c2ccc3nn(CCC(=O)O)cc3c2Cl)OC1(C)C.CN(C)C(=O)CCn1cc2c(Cl)c(B3OC(C)(C)C(C)(C)O3)ccc2n1.Clc1c(Br)ccc2c1C=NC2. The van der Waals surface area contributed by atoms with Crippen LogP contribution in [0, 0.1) is 0 Å². The van der Waals surface area contributed by atoms with E-state index in [1.165, 1.54) is 5.56 Å². The van der Waals surface area contributed by atoms with Crippen molar-refractivity contribution in [3.05, 3.63) is 131 Å². The number of aryl methyl sites for hydroxylation is 4. The smallest absolute Gasteiger partial charge is 0.481 e. The summed E-state index contributed by atoms with van der Waals surface area (Å²) in [6.07, 6.45) is 10.1. The molecule has 13 rings (SSSR count). The lowest BCUT2D eigenvalue weighted by Gasteiger charge is -2.32. The number of halogens is 7. The highest BCUT2D eigenvalue weighted by molar-refractivity contribution is 9.11. The molecule has 3 saturated heterocycles. The molecule has 109 heavy (non-hydrogen) atoms. The Bertz CT molecular complexity index is 4860. The molecule has 1 N–H and O–H groups in total. The Morgan fingerprint density at radius 2 is 0.752 bits per heavy atom. The Morgan fingerprint density at radius 1 is 0.459 bits per heavy atom. The van der Waals surface area contributed by atoms with Crippen LogP contribution in [0.1, 0.15) is 161 Å². The normalized spacial score (nSPS) is 17.0. The summed E-state index contributed by atoms with van der Waals surface area (Å²) in [5.74, 6) is -1.28. The number of fused-ring (bicyclic) bond motifs is 5. The lowest BCUT2D eigenvalue weighted by molar-refractivity contribution is -0.156. The van der Waals surface area contributed by atoms with E-state index in [0.717, 1.165) is 80.6 Å². The van der Waals surface area contributed by atoms with Gasteiger partial charge in [-0.2, -0.15) is 20.4 Å². The maximum atomic E-state index is 11.9. The summed E-state index contributed by atoms with van der Waals surface area (Å²) in [5, 5.41) is 32.9. The third-order valence-electron chi connectivity index (χ3n) is 19.5. The Morgan fingerprint density at radius 3 is 1.07 bits per heavy atom. The van der Waals surface area contributed by atoms with Crippen molar-refractivity contribution in [3.8, 4) is 0 Å². The summed E-state index contributed by atoms with van der Waals surface area (Å²) in [6, 6.07) is 19.0. The minimum atomic E-state index is -0.862. The van der Waals surface area contributed by atoms with Crippen LogP contribution in [0.5, 0.6) is 0 Å². The van der Waals surface area contributed by atoms with Gasteiger partial charge >= 0.3 is 39.3 Å². The number of benzene rings is 5. The number of hydrogen-bond acceptors (Lipinski definition) is 17. The van der Waals surface area contributed by atoms with Gasteiger partial charge in [-0.3, -0.25) is 42.9 Å². The molecule has 0 atom stereocenters. The van der Waals surface area contributed by atoms with E-state index in [1.807, 2.05) is 210 Å². The minimum Gasteiger partial charge on any atom is -0.481 e. The molecule has 0 spiro atoms. The van der Waals surface area contributed by atoms with Crippen molar-refractivity contribution in [1.82, 2.24) is 44.0 Å². The fraction of sp³-hybridized carbons (Fsp3) is 0.487. The van der Waals surface area contributed by atoms with E-state index in [0.29, 0.717) is 58.2 Å². The predicted octanol–water partition coefficient (Wildman–Crippen LogP) is 15.9. The molecule has 4 aliphatic heterocycles. The summed E-state index contributed by atoms with van der Waals surface area (Å²) in [5.41, 5.74) is 4.09. The number of carboxylic acid groups (broad SMARTS) is 1. The van der Waals surface area contributed by atoms with Crippen molar-refractivity contribution in [2.75, 3.05) is 14.1 Å². The molecule has 0 radical (unpaired) electrons. The number of nitrogens with zero attached hydrogens (tertiary/aromatic N) is 10. The van der Waals surface area contributed by atoms with Gasteiger partial charge in [0.25, 0.3) is 0 Å². The highest BCUT2D eigenvalue weighted by Crippen LogP contribution is 2.41. The first-order chi connectivity index (χ1) is 50.5. The first kappa shape index (κ1) is 86.9. The fourth-order valence-corrected chi connectivity index (χ4v) is 13.4. The van der Waals surface area contributed by atoms with Crippen molar-refractivity contribution >= 4 is 201 Å². The zero-order valence-corrected chi connectivity index (χ0v) is 72.2. The molecule has 0 bridgehead atoms. The molecule has 0 unspecified atom stereocenters. The Kier molecular flexibility index (Phi) is 27.0. The molecule has 9 aromatic rings. The van der Waals surface area contributed by atoms with E-state index in [2.05, 4.69) is 57.2 Å². The number of amides is 1. The molecule has 3 fully saturated rings. The maximum absolute atomic E-state index is 11.9. The van der Waals surface area contributed by atoms with Crippen LogP contribution >= 0.6 is 89.9 Å². The first-order valence-corrected chi connectivity index (χ1v) is 39.1. The number of ether oxygens (including phenoxy) is 2. The topological polar surface area (TPSA) is 249 Å². The average Bonchev–Trinajstić information content (AvgIpc) is 1.69. The summed E-state index contributed by atoms with van der Waals surface area (Å²) >= 11 is 38.8. The molecule has 8 heterocycles. The third kappa shape index (κ3) is 21.0. The monoisotopic (exact) mass is 1720 g/mol. The third-order valence-corrected chi connectivity index (χ3v) is 23.3. The highest BCUT2D eigenvalue weighted by atomic mass is 79.9. The van der Waals surface area contributed by atoms with Gasteiger partial charge in [0.15, 0.2) is 0 Å². The number of esters is 2. The van der Waals surface area contributed by atoms with Crippen molar-refractivity contribution in [2.45, 2.75) is 228 Å². The molecule has 4 aromatic heterocycles. The number of aliphatic carboxylic acids is 1. The average molecular weight is 1730 g/mol. The van der Waals surface area contributed by atoms with Crippen LogP contribution in [0.25, 0.3) is 43.6 Å². The molecule has 5 aromatic carbocycles. The fourth-order valence-electron chi connectivity index (χ4n) is 11.3. The van der Waals surface area contributed by atoms with Gasteiger partial charge in [-0.1, -0.05) is 82.3 Å². The Hall–Kier alpha value is -6.11. The van der Waals surface area contributed by atoms with Crippen LogP contribution in [-0.2, 0) is 89.3 Å². The molecule has 0 aliphatic carbocycles. The number of hydrogen-bond donors (Lipinski definition) is 1. The van der Waals surface area contributed by atoms with Gasteiger partial charge in [0.05, 0.1) is 126 Å². The van der Waals surface area contributed by atoms with Gasteiger partial charge in [0, 0.05) is 111 Å². The van der Waals surface area contributed by atoms with Crippen molar-refractivity contribution in [1.29, 1.82) is 0 Å². The number of carboxylic acids is 1. The summed E-state index contributed by atoms with van der Waals surface area (Å²) in [6.45, 7) is 37.6. The van der Waals surface area contributed by atoms with Gasteiger partial charge in [0.1, 0.15) is 11.2 Å². The molecule has 33 heteroatoms. The van der Waals surface area contributed by atoms with E-state index >= 15 is 0 Å². The van der Waals surface area contributed by atoms with Crippen LogP contribution in [0.4, 0.5) is 0 Å². The molecule has 584 valence electrons. The van der Waals surface area contributed by atoms with Crippen molar-refractivity contribution in [3.63, 3.8) is 0 Å². The number of carbonyl (C=O) groups excluding carboxylic acids is 3. The highest BCUT2D eigenvalue weighted by Gasteiger charge is 2.55. The Labute approximate surface area is 679 Å². The summed E-state index contributed by atoms with van der Waals surface area (Å²) in [7, 11) is 1.89. The second-order valence-electron chi connectivity index (χ2n) is 32.1. The second kappa shape index (κ2) is 33.9. The van der Waals surface area contributed by atoms with Crippen molar-refractivity contribution in [2.24, 2.45) is 4.99 Å². The van der Waals surface area contributed by atoms with Crippen molar-refractivity contribution < 1.29 is 61.7 Å². The zero-order chi connectivity index (χ0) is 80.6. The number of aromatic nitrogens is 8. The zero-order valence-electron chi connectivity index (χ0n) is 65.2. The standard InChI is InChI=1S/C20H28BClN2O4.C18H25BClN3O3.C16H20BClN2O4.C14H16BrClN2O2.C8H5BrClN/c1-18(2,3)26-16(25)10-11-24-12-13-15(23-24)9-8-14(17(13)22)21-27-19(4,5)20(6,7)28-21;1-17(2)18(3,4)26-19(25-17)13-7-8-14-12(16(13)20)11-23(21-14)10-9-15(24)22(5)6;1-15(2)16(3,4)24-17(23-15)11-5-6-12-10(14(11)18)9-20(19-12)8-7-13(21)22;1-14(2,3)20-12(19)6-7-18-8-9-11(17-18)5-4-10(15)13(9)16;9-7-2-1-5-3-11-4-6(5)8(7)10/h8-9,12H,10-11H2,1-7H3;7-8,11H,9-10H2,1-6H3;5-6,9H,7-8H2,1-4H3,(H,21,22);4-5,8H,6-7H2,1-3H3;1-2,4H,3H2. The molecule has 4 aliphatic rings. The van der Waals surface area contributed by atoms with E-state index < -0.39 is 72.1 Å². The van der Waals surface area contributed by atoms with E-state index in [4.69, 9.17) is 101 Å². The number of carbonyl (C=O) groups is 4. The number of rotatable bonds is 15. The molecular weight excluding hydrogens is 1630 g/mol. The number of aliphatic imine (C=N–C) groups is 1. The van der Waals surface area contributed by atoms with Gasteiger partial charge in [-0.25, -0.2) is 0 Å². The van der Waals surface area contributed by atoms with Gasteiger partial charge in [-0.05, 0) is 198 Å². The molecular formula is C76H94B3Br2Cl5N10O13. The lowest BCUT2D eigenvalue weighted by Crippen LogP contribution is -2.41. The van der Waals surface area contributed by atoms with Crippen LogP contribution in [0.2, 0.25) is 25.1 Å². The van der Waals surface area contributed by atoms with Crippen LogP contribution < -0.4 is 16.4 Å².